The largest absolute Gasteiger partial charge is 0.345 e. The molecule has 10 nitrogen and oxygen atoms in total. The average Bonchev–Trinajstić information content (AvgIpc) is 2.89. The van der Waals surface area contributed by atoms with Gasteiger partial charge in [0, 0.05) is 19.1 Å². The number of hydrogen-bond donors (Lipinski definition) is 3. The van der Waals surface area contributed by atoms with Crippen LogP contribution in [0.15, 0.2) is 22.7 Å². The summed E-state index contributed by atoms with van der Waals surface area (Å²) in [7, 11) is 0. The SMILES string of the molecule is Cc1nc(CNC(=O)c2cc([N+](=O)[O-])ccc2NN)no1. The third-order valence-electron chi connectivity index (χ3n) is 2.59. The maximum atomic E-state index is 12.1. The van der Waals surface area contributed by atoms with Crippen LogP contribution < -0.4 is 16.6 Å². The molecule has 0 radical (unpaired) electrons. The van der Waals surface area contributed by atoms with E-state index in [0.29, 0.717) is 11.7 Å². The predicted octanol–water partition coefficient (Wildman–Crippen LogP) is 0.502. The van der Waals surface area contributed by atoms with Gasteiger partial charge in [-0.25, -0.2) is 0 Å². The van der Waals surface area contributed by atoms with E-state index in [4.69, 9.17) is 10.4 Å². The van der Waals surface area contributed by atoms with Gasteiger partial charge in [0.1, 0.15) is 0 Å². The molecule has 2 aromatic rings. The van der Waals surface area contributed by atoms with Crippen LogP contribution in [0.2, 0.25) is 0 Å². The van der Waals surface area contributed by atoms with Crippen LogP contribution in [0.25, 0.3) is 0 Å². The minimum absolute atomic E-state index is 0.0306. The number of nitrogens with one attached hydrogen (secondary N) is 2. The van der Waals surface area contributed by atoms with Crippen LogP contribution in [0.3, 0.4) is 0 Å². The number of aryl methyl sites for hydroxylation is 1. The summed E-state index contributed by atoms with van der Waals surface area (Å²) in [6.07, 6.45) is 0. The normalized spacial score (nSPS) is 10.2. The molecular weight excluding hydrogens is 280 g/mol. The molecule has 0 aliphatic carbocycles. The van der Waals surface area contributed by atoms with Gasteiger partial charge in [0.15, 0.2) is 5.82 Å². The van der Waals surface area contributed by atoms with Crippen molar-refractivity contribution >= 4 is 17.3 Å². The van der Waals surface area contributed by atoms with Crippen molar-refractivity contribution in [2.24, 2.45) is 5.84 Å². The standard InChI is InChI=1S/C11H12N6O4/c1-6-14-10(16-21-6)5-13-11(18)8-4-7(17(19)20)2-3-9(8)15-12/h2-4,15H,5,12H2,1H3,(H,13,18). The highest BCUT2D eigenvalue weighted by Gasteiger charge is 2.16. The Labute approximate surface area is 118 Å². The van der Waals surface area contributed by atoms with E-state index in [1.54, 1.807) is 6.92 Å². The molecule has 1 aromatic heterocycles. The third-order valence-corrected chi connectivity index (χ3v) is 2.59. The van der Waals surface area contributed by atoms with Gasteiger partial charge in [-0.3, -0.25) is 20.8 Å². The summed E-state index contributed by atoms with van der Waals surface area (Å²) in [5.41, 5.74) is 2.41. The maximum Gasteiger partial charge on any atom is 0.270 e. The number of amides is 1. The number of nitrogen functional groups attached to an aromatic ring is 1. The van der Waals surface area contributed by atoms with Crippen molar-refractivity contribution < 1.29 is 14.2 Å². The molecule has 0 atom stereocenters. The number of hydrazine groups is 1. The molecule has 1 aromatic carbocycles. The Morgan fingerprint density at radius 1 is 1.52 bits per heavy atom. The Bertz CT molecular complexity index is 683. The second kappa shape index (κ2) is 5.96. The summed E-state index contributed by atoms with van der Waals surface area (Å²) in [5.74, 6) is 5.41. The number of nitro benzene ring substituents is 1. The van der Waals surface area contributed by atoms with Crippen molar-refractivity contribution in [1.29, 1.82) is 0 Å². The van der Waals surface area contributed by atoms with Gasteiger partial charge in [0.25, 0.3) is 11.6 Å². The molecule has 10 heteroatoms. The number of rotatable bonds is 5. The lowest BCUT2D eigenvalue weighted by Gasteiger charge is -2.08. The van der Waals surface area contributed by atoms with Gasteiger partial charge in [-0.15, -0.1) is 0 Å². The molecule has 2 rings (SSSR count). The van der Waals surface area contributed by atoms with Gasteiger partial charge < -0.3 is 15.3 Å². The van der Waals surface area contributed by atoms with Crippen molar-refractivity contribution in [3.8, 4) is 0 Å². The number of nitrogens with two attached hydrogens (primary N) is 1. The van der Waals surface area contributed by atoms with Crippen LogP contribution in [0.5, 0.6) is 0 Å². The number of benzene rings is 1. The summed E-state index contributed by atoms with van der Waals surface area (Å²) >= 11 is 0. The number of hydrogen-bond acceptors (Lipinski definition) is 8. The van der Waals surface area contributed by atoms with Gasteiger partial charge in [0.2, 0.25) is 5.89 Å². The van der Waals surface area contributed by atoms with Crippen molar-refractivity contribution in [3.05, 3.63) is 45.6 Å². The van der Waals surface area contributed by atoms with Crippen LogP contribution in [0.1, 0.15) is 22.1 Å². The Kier molecular flexibility index (Phi) is 4.09. The Balaban J connectivity index is 2.17. The predicted molar refractivity (Wildman–Crippen MR) is 71.1 cm³/mol. The second-order valence-corrected chi connectivity index (χ2v) is 4.04. The minimum atomic E-state index is -0.598. The van der Waals surface area contributed by atoms with E-state index in [1.807, 2.05) is 0 Å². The Morgan fingerprint density at radius 2 is 2.29 bits per heavy atom. The van der Waals surface area contributed by atoms with Crippen molar-refractivity contribution in [1.82, 2.24) is 15.5 Å². The van der Waals surface area contributed by atoms with Crippen molar-refractivity contribution in [2.45, 2.75) is 13.5 Å². The first kappa shape index (κ1) is 14.4. The molecule has 1 heterocycles. The lowest BCUT2D eigenvalue weighted by molar-refractivity contribution is -0.384. The Hall–Kier alpha value is -3.01. The monoisotopic (exact) mass is 292 g/mol. The highest BCUT2D eigenvalue weighted by Crippen LogP contribution is 2.21. The smallest absolute Gasteiger partial charge is 0.270 e. The topological polar surface area (TPSA) is 149 Å². The van der Waals surface area contributed by atoms with Crippen molar-refractivity contribution in [2.75, 3.05) is 5.43 Å². The Morgan fingerprint density at radius 3 is 2.86 bits per heavy atom. The van der Waals surface area contributed by atoms with Crippen molar-refractivity contribution in [3.63, 3.8) is 0 Å². The van der Waals surface area contributed by atoms with E-state index in [9.17, 15) is 14.9 Å². The minimum Gasteiger partial charge on any atom is -0.345 e. The number of nitro groups is 1. The molecule has 0 bridgehead atoms. The summed E-state index contributed by atoms with van der Waals surface area (Å²) < 4.78 is 4.76. The fraction of sp³-hybridized carbons (Fsp3) is 0.182. The van der Waals surface area contributed by atoms with Gasteiger partial charge in [-0.05, 0) is 6.07 Å². The summed E-state index contributed by atoms with van der Waals surface area (Å²) in [6.45, 7) is 1.65. The number of non-ortho nitro benzene ring substituents is 1. The first-order chi connectivity index (χ1) is 10.0. The molecule has 0 spiro atoms. The molecule has 110 valence electrons. The zero-order chi connectivity index (χ0) is 15.4. The molecule has 0 fully saturated rings. The zero-order valence-electron chi connectivity index (χ0n) is 11.0. The number of anilines is 1. The van der Waals surface area contributed by atoms with Crippen LogP contribution in [-0.4, -0.2) is 21.0 Å². The molecular formula is C11H12N6O4. The number of carbonyl (C=O) groups is 1. The van der Waals surface area contributed by atoms with E-state index < -0.39 is 10.8 Å². The van der Waals surface area contributed by atoms with Crippen LogP contribution in [0.4, 0.5) is 11.4 Å². The molecule has 0 saturated carbocycles. The van der Waals surface area contributed by atoms with Crippen LogP contribution in [0, 0.1) is 17.0 Å². The molecule has 0 aliphatic rings. The zero-order valence-corrected chi connectivity index (χ0v) is 11.0. The number of carbonyl (C=O) groups excluding carboxylic acids is 1. The van der Waals surface area contributed by atoms with E-state index in [-0.39, 0.29) is 23.5 Å². The maximum absolute atomic E-state index is 12.1. The molecule has 21 heavy (non-hydrogen) atoms. The van der Waals surface area contributed by atoms with Gasteiger partial charge >= 0.3 is 0 Å². The van der Waals surface area contributed by atoms with Crippen LogP contribution >= 0.6 is 0 Å². The quantitative estimate of drug-likeness (QED) is 0.409. The number of nitrogens with zero attached hydrogens (tertiary/aromatic N) is 3. The molecule has 0 saturated heterocycles. The molecule has 1 amide bonds. The van der Waals surface area contributed by atoms with Gasteiger partial charge in [-0.1, -0.05) is 5.16 Å². The number of aromatic nitrogens is 2. The fourth-order valence-electron chi connectivity index (χ4n) is 1.63. The highest BCUT2D eigenvalue weighted by molar-refractivity contribution is 6.00. The lowest BCUT2D eigenvalue weighted by Crippen LogP contribution is -2.25. The second-order valence-electron chi connectivity index (χ2n) is 4.04. The van der Waals surface area contributed by atoms with E-state index in [2.05, 4.69) is 20.9 Å². The summed E-state index contributed by atoms with van der Waals surface area (Å²) in [5, 5.41) is 16.9. The van der Waals surface area contributed by atoms with E-state index >= 15 is 0 Å². The first-order valence-corrected chi connectivity index (χ1v) is 5.83. The molecule has 0 unspecified atom stereocenters. The highest BCUT2D eigenvalue weighted by atomic mass is 16.6. The molecule has 0 aliphatic heterocycles. The summed E-state index contributed by atoms with van der Waals surface area (Å²) in [4.78, 5) is 26.1. The van der Waals surface area contributed by atoms with Gasteiger partial charge in [0.05, 0.1) is 22.7 Å². The lowest BCUT2D eigenvalue weighted by atomic mass is 10.1. The van der Waals surface area contributed by atoms with E-state index in [0.717, 1.165) is 6.07 Å². The van der Waals surface area contributed by atoms with Crippen LogP contribution in [-0.2, 0) is 6.54 Å². The third kappa shape index (κ3) is 3.30. The molecule has 4 N–H and O–H groups in total. The summed E-state index contributed by atoms with van der Waals surface area (Å²) in [6, 6.07) is 3.73. The first-order valence-electron chi connectivity index (χ1n) is 5.83. The average molecular weight is 292 g/mol. The fourth-order valence-corrected chi connectivity index (χ4v) is 1.63. The van der Waals surface area contributed by atoms with E-state index in [1.165, 1.54) is 12.1 Å². The van der Waals surface area contributed by atoms with Gasteiger partial charge in [-0.2, -0.15) is 4.98 Å².